The minimum Gasteiger partial charge on any atom is -0.360 e. The highest BCUT2D eigenvalue weighted by atomic mass is 79.9. The maximum atomic E-state index is 3.51. The zero-order valence-corrected chi connectivity index (χ0v) is 13.2. The Hall–Kier alpha value is 1.20. The molecular formula is C8H9Br4N. The van der Waals surface area contributed by atoms with E-state index in [4.69, 9.17) is 0 Å². The summed E-state index contributed by atoms with van der Waals surface area (Å²) in [7, 11) is 0. The number of H-pyrrole nitrogens is 1. The molecule has 1 aromatic rings. The van der Waals surface area contributed by atoms with Crippen LogP contribution in [-0.2, 0) is 21.3 Å². The molecule has 0 radical (unpaired) electrons. The monoisotopic (exact) mass is 435 g/mol. The van der Waals surface area contributed by atoms with Gasteiger partial charge in [-0.25, -0.2) is 0 Å². The van der Waals surface area contributed by atoms with Crippen molar-refractivity contribution >= 4 is 63.7 Å². The molecule has 0 saturated heterocycles. The zero-order valence-electron chi connectivity index (χ0n) is 6.84. The summed E-state index contributed by atoms with van der Waals surface area (Å²) < 4.78 is 0. The van der Waals surface area contributed by atoms with Crippen molar-refractivity contribution in [2.75, 3.05) is 0 Å². The van der Waals surface area contributed by atoms with Gasteiger partial charge in [0.2, 0.25) is 0 Å². The standard InChI is InChI=1S/C8H9Br4N/c9-1-5-6(2-10)8(4-12)13-7(5)3-11/h13H,1-4H2. The minimum atomic E-state index is 0.876. The Morgan fingerprint density at radius 3 is 1.31 bits per heavy atom. The Morgan fingerprint density at radius 1 is 0.692 bits per heavy atom. The molecule has 0 atom stereocenters. The quantitative estimate of drug-likeness (QED) is 0.662. The van der Waals surface area contributed by atoms with Gasteiger partial charge in [0.25, 0.3) is 0 Å². The van der Waals surface area contributed by atoms with Crippen LogP contribution >= 0.6 is 63.7 Å². The first-order valence-corrected chi connectivity index (χ1v) is 8.22. The lowest BCUT2D eigenvalue weighted by atomic mass is 10.1. The Morgan fingerprint density at radius 2 is 1.08 bits per heavy atom. The highest BCUT2D eigenvalue weighted by Crippen LogP contribution is 2.27. The van der Waals surface area contributed by atoms with E-state index in [1.807, 2.05) is 0 Å². The van der Waals surface area contributed by atoms with Crippen molar-refractivity contribution < 1.29 is 0 Å². The summed E-state index contributed by atoms with van der Waals surface area (Å²) in [4.78, 5) is 3.40. The summed E-state index contributed by atoms with van der Waals surface area (Å²) in [6.45, 7) is 0. The molecule has 0 saturated carbocycles. The molecule has 0 unspecified atom stereocenters. The molecule has 1 nitrogen and oxygen atoms in total. The van der Waals surface area contributed by atoms with Crippen LogP contribution in [0.5, 0.6) is 0 Å². The van der Waals surface area contributed by atoms with Gasteiger partial charge in [-0.2, -0.15) is 0 Å². The molecule has 0 aromatic carbocycles. The molecule has 13 heavy (non-hydrogen) atoms. The first-order chi connectivity index (χ1) is 6.28. The van der Waals surface area contributed by atoms with Gasteiger partial charge in [0.05, 0.1) is 0 Å². The SMILES string of the molecule is BrCc1[nH]c(CBr)c(CBr)c1CBr. The smallest absolute Gasteiger partial charge is 0.0437 e. The average Bonchev–Trinajstić information content (AvgIpc) is 2.54. The van der Waals surface area contributed by atoms with Crippen molar-refractivity contribution in [1.29, 1.82) is 0 Å². The number of halogens is 4. The van der Waals surface area contributed by atoms with E-state index in [9.17, 15) is 0 Å². The van der Waals surface area contributed by atoms with Crippen LogP contribution in [0.1, 0.15) is 22.5 Å². The summed E-state index contributed by atoms with van der Waals surface area (Å²) in [6, 6.07) is 0. The van der Waals surface area contributed by atoms with Crippen LogP contribution in [0.25, 0.3) is 0 Å². The summed E-state index contributed by atoms with van der Waals surface area (Å²) in [5.41, 5.74) is 5.26. The Balaban J connectivity index is 3.17. The predicted octanol–water partition coefficient (Wildman–Crippen LogP) is 4.59. The molecule has 0 spiro atoms. The number of hydrogen-bond acceptors (Lipinski definition) is 0. The molecule has 1 aromatic heterocycles. The third kappa shape index (κ3) is 2.61. The van der Waals surface area contributed by atoms with Crippen LogP contribution in [-0.4, -0.2) is 4.98 Å². The van der Waals surface area contributed by atoms with E-state index in [1.165, 1.54) is 22.5 Å². The molecule has 5 heteroatoms. The fraction of sp³-hybridized carbons (Fsp3) is 0.500. The first kappa shape index (κ1) is 12.3. The number of rotatable bonds is 4. The molecule has 0 aliphatic heterocycles. The Bertz CT molecular complexity index is 255. The van der Waals surface area contributed by atoms with Crippen LogP contribution in [0.15, 0.2) is 0 Å². The lowest BCUT2D eigenvalue weighted by molar-refractivity contribution is 1.14. The summed E-state index contributed by atoms with van der Waals surface area (Å²) >= 11 is 14.0. The number of aromatic nitrogens is 1. The number of nitrogens with one attached hydrogen (secondary N) is 1. The lowest BCUT2D eigenvalue weighted by Gasteiger charge is -1.99. The van der Waals surface area contributed by atoms with Gasteiger partial charge in [0.15, 0.2) is 0 Å². The van der Waals surface area contributed by atoms with Crippen LogP contribution in [0.4, 0.5) is 0 Å². The van der Waals surface area contributed by atoms with E-state index in [0.29, 0.717) is 0 Å². The predicted molar refractivity (Wildman–Crippen MR) is 71.3 cm³/mol. The summed E-state index contributed by atoms with van der Waals surface area (Å²) in [5.74, 6) is 0. The Labute approximate surface area is 112 Å². The second kappa shape index (κ2) is 5.93. The highest BCUT2D eigenvalue weighted by molar-refractivity contribution is 9.09. The second-order valence-corrected chi connectivity index (χ2v) is 4.82. The normalized spacial score (nSPS) is 10.8. The maximum Gasteiger partial charge on any atom is 0.0437 e. The molecule has 0 aliphatic rings. The molecule has 0 amide bonds. The van der Waals surface area contributed by atoms with Gasteiger partial charge in [0.1, 0.15) is 0 Å². The van der Waals surface area contributed by atoms with Crippen LogP contribution in [0, 0.1) is 0 Å². The maximum absolute atomic E-state index is 3.51. The van der Waals surface area contributed by atoms with Gasteiger partial charge in [-0.3, -0.25) is 0 Å². The molecule has 1 heterocycles. The van der Waals surface area contributed by atoms with E-state index in [-0.39, 0.29) is 0 Å². The molecular weight excluding hydrogens is 430 g/mol. The van der Waals surface area contributed by atoms with E-state index in [2.05, 4.69) is 68.7 Å². The third-order valence-electron chi connectivity index (χ3n) is 1.93. The lowest BCUT2D eigenvalue weighted by Crippen LogP contribution is -1.87. The van der Waals surface area contributed by atoms with Gasteiger partial charge in [-0.05, 0) is 11.1 Å². The number of alkyl halides is 4. The average molecular weight is 439 g/mol. The van der Waals surface area contributed by atoms with Crippen molar-refractivity contribution in [2.45, 2.75) is 21.3 Å². The van der Waals surface area contributed by atoms with Crippen molar-refractivity contribution in [3.63, 3.8) is 0 Å². The molecule has 0 bridgehead atoms. The molecule has 1 rings (SSSR count). The molecule has 0 fully saturated rings. The van der Waals surface area contributed by atoms with Gasteiger partial charge < -0.3 is 4.98 Å². The van der Waals surface area contributed by atoms with Crippen LogP contribution in [0.3, 0.4) is 0 Å². The van der Waals surface area contributed by atoms with Crippen LogP contribution < -0.4 is 0 Å². The summed E-state index contributed by atoms with van der Waals surface area (Å²) in [5, 5.41) is 3.55. The minimum absolute atomic E-state index is 0.876. The summed E-state index contributed by atoms with van der Waals surface area (Å²) in [6.07, 6.45) is 0. The van der Waals surface area contributed by atoms with Gasteiger partial charge in [0, 0.05) is 32.7 Å². The first-order valence-electron chi connectivity index (χ1n) is 3.73. The fourth-order valence-corrected chi connectivity index (χ4v) is 3.56. The zero-order chi connectivity index (χ0) is 9.84. The van der Waals surface area contributed by atoms with Crippen molar-refractivity contribution in [3.05, 3.63) is 22.5 Å². The molecule has 0 aliphatic carbocycles. The van der Waals surface area contributed by atoms with E-state index >= 15 is 0 Å². The largest absolute Gasteiger partial charge is 0.360 e. The number of aromatic amines is 1. The van der Waals surface area contributed by atoms with E-state index in [0.717, 1.165) is 21.3 Å². The van der Waals surface area contributed by atoms with Gasteiger partial charge >= 0.3 is 0 Å². The molecule has 1 N–H and O–H groups in total. The van der Waals surface area contributed by atoms with Crippen LogP contribution in [0.2, 0.25) is 0 Å². The highest BCUT2D eigenvalue weighted by Gasteiger charge is 2.13. The topological polar surface area (TPSA) is 15.8 Å². The van der Waals surface area contributed by atoms with Gasteiger partial charge in [-0.15, -0.1) is 0 Å². The van der Waals surface area contributed by atoms with Crippen molar-refractivity contribution in [2.24, 2.45) is 0 Å². The van der Waals surface area contributed by atoms with E-state index in [1.54, 1.807) is 0 Å². The fourth-order valence-electron chi connectivity index (χ4n) is 1.25. The molecule has 74 valence electrons. The van der Waals surface area contributed by atoms with Gasteiger partial charge in [-0.1, -0.05) is 63.7 Å². The second-order valence-electron chi connectivity index (χ2n) is 2.57. The Kier molecular flexibility index (Phi) is 5.60. The number of hydrogen-bond donors (Lipinski definition) is 1. The van der Waals surface area contributed by atoms with Crippen molar-refractivity contribution in [1.82, 2.24) is 4.98 Å². The third-order valence-corrected chi connectivity index (χ3v) is 4.17. The van der Waals surface area contributed by atoms with E-state index < -0.39 is 0 Å². The van der Waals surface area contributed by atoms with Crippen molar-refractivity contribution in [3.8, 4) is 0 Å².